The smallest absolute Gasteiger partial charge is 0.125 e. The van der Waals surface area contributed by atoms with Crippen molar-refractivity contribution in [1.82, 2.24) is 4.98 Å². The maximum absolute atomic E-state index is 13.6. The predicted octanol–water partition coefficient (Wildman–Crippen LogP) is 4.94. The molecule has 0 fully saturated rings. The molecule has 108 valence electrons. The van der Waals surface area contributed by atoms with Crippen molar-refractivity contribution >= 4 is 16.6 Å². The van der Waals surface area contributed by atoms with Crippen LogP contribution in [0.4, 0.5) is 10.1 Å². The van der Waals surface area contributed by atoms with Crippen LogP contribution in [0.15, 0.2) is 12.1 Å². The quantitative estimate of drug-likeness (QED) is 0.854. The monoisotopic (exact) mass is 274 g/mol. The minimum atomic E-state index is -0.222. The summed E-state index contributed by atoms with van der Waals surface area (Å²) in [6.45, 7) is 11.4. The van der Waals surface area contributed by atoms with Crippen molar-refractivity contribution in [3.8, 4) is 0 Å². The second kappa shape index (κ2) is 5.78. The summed E-state index contributed by atoms with van der Waals surface area (Å²) < 4.78 is 13.6. The van der Waals surface area contributed by atoms with Crippen LogP contribution < -0.4 is 5.32 Å². The van der Waals surface area contributed by atoms with Gasteiger partial charge in [0.1, 0.15) is 5.82 Å². The van der Waals surface area contributed by atoms with Gasteiger partial charge in [-0.2, -0.15) is 0 Å². The lowest BCUT2D eigenvalue weighted by molar-refractivity contribution is 0.628. The highest BCUT2D eigenvalue weighted by molar-refractivity contribution is 5.96. The van der Waals surface area contributed by atoms with Gasteiger partial charge in [-0.05, 0) is 43.4 Å². The molecule has 20 heavy (non-hydrogen) atoms. The Morgan fingerprint density at radius 1 is 1.25 bits per heavy atom. The second-order valence-corrected chi connectivity index (χ2v) is 5.68. The number of hydrogen-bond acceptors (Lipinski definition) is 2. The van der Waals surface area contributed by atoms with Crippen LogP contribution in [-0.4, -0.2) is 11.5 Å². The first-order chi connectivity index (χ1) is 9.45. The van der Waals surface area contributed by atoms with E-state index in [4.69, 9.17) is 0 Å². The number of benzene rings is 1. The summed E-state index contributed by atoms with van der Waals surface area (Å²) in [5, 5.41) is 4.58. The van der Waals surface area contributed by atoms with Crippen LogP contribution in [0, 0.1) is 19.7 Å². The number of halogens is 1. The van der Waals surface area contributed by atoms with Gasteiger partial charge in [0.05, 0.1) is 5.52 Å². The van der Waals surface area contributed by atoms with Crippen molar-refractivity contribution in [2.24, 2.45) is 0 Å². The fourth-order valence-electron chi connectivity index (χ4n) is 2.84. The normalized spacial score (nSPS) is 11.3. The molecule has 0 saturated carbocycles. The fourth-order valence-corrected chi connectivity index (χ4v) is 2.84. The van der Waals surface area contributed by atoms with E-state index < -0.39 is 0 Å². The highest BCUT2D eigenvalue weighted by Gasteiger charge is 2.17. The summed E-state index contributed by atoms with van der Waals surface area (Å²) in [6, 6.07) is 3.11. The number of rotatable bonds is 4. The topological polar surface area (TPSA) is 24.9 Å². The van der Waals surface area contributed by atoms with Gasteiger partial charge < -0.3 is 5.32 Å². The third-order valence-corrected chi connectivity index (χ3v) is 3.61. The van der Waals surface area contributed by atoms with Crippen LogP contribution in [0.5, 0.6) is 0 Å². The lowest BCUT2D eigenvalue weighted by Gasteiger charge is -2.20. The largest absolute Gasteiger partial charge is 0.384 e. The van der Waals surface area contributed by atoms with E-state index >= 15 is 0 Å². The van der Waals surface area contributed by atoms with E-state index in [1.165, 1.54) is 11.6 Å². The number of nitrogens with one attached hydrogen (secondary N) is 1. The molecule has 1 heterocycles. The number of hydrogen-bond donors (Lipinski definition) is 1. The average molecular weight is 274 g/mol. The highest BCUT2D eigenvalue weighted by Crippen LogP contribution is 2.35. The highest BCUT2D eigenvalue weighted by atomic mass is 19.1. The predicted molar refractivity (Wildman–Crippen MR) is 84.0 cm³/mol. The van der Waals surface area contributed by atoms with Crippen molar-refractivity contribution in [3.63, 3.8) is 0 Å². The molecule has 1 aromatic heterocycles. The molecule has 2 nitrogen and oxygen atoms in total. The molecule has 1 N–H and O–H groups in total. The molecule has 0 aliphatic rings. The zero-order valence-corrected chi connectivity index (χ0v) is 13.0. The van der Waals surface area contributed by atoms with Crippen LogP contribution in [0.2, 0.25) is 0 Å². The molecule has 0 aliphatic heterocycles. The molecule has 2 aromatic rings. The van der Waals surface area contributed by atoms with E-state index in [0.717, 1.165) is 40.8 Å². The standard InChI is InChI=1S/C17H23FN2/c1-6-7-19-17-15(10(2)3)12(5)20-14-9-13(18)8-11(4)16(14)17/h8-10H,6-7H2,1-5H3,(H,19,20). The second-order valence-electron chi connectivity index (χ2n) is 5.68. The van der Waals surface area contributed by atoms with Gasteiger partial charge in [0.25, 0.3) is 0 Å². The van der Waals surface area contributed by atoms with Gasteiger partial charge in [-0.25, -0.2) is 4.39 Å². The Bertz CT molecular complexity index is 633. The minimum Gasteiger partial charge on any atom is -0.384 e. The summed E-state index contributed by atoms with van der Waals surface area (Å²) in [4.78, 5) is 4.61. The third kappa shape index (κ3) is 2.62. The SMILES string of the molecule is CCCNc1c(C(C)C)c(C)nc2cc(F)cc(C)c12. The number of nitrogens with zero attached hydrogens (tertiary/aromatic N) is 1. The summed E-state index contributed by atoms with van der Waals surface area (Å²) >= 11 is 0. The molecule has 0 radical (unpaired) electrons. The van der Waals surface area contributed by atoms with Gasteiger partial charge in [0.2, 0.25) is 0 Å². The Labute approximate surface area is 120 Å². The van der Waals surface area contributed by atoms with Crippen LogP contribution in [-0.2, 0) is 0 Å². The minimum absolute atomic E-state index is 0.222. The number of aromatic nitrogens is 1. The summed E-state index contributed by atoms with van der Waals surface area (Å²) in [6.07, 6.45) is 1.06. The molecule has 0 aliphatic carbocycles. The van der Waals surface area contributed by atoms with Crippen LogP contribution in [0.3, 0.4) is 0 Å². The Morgan fingerprint density at radius 2 is 1.95 bits per heavy atom. The van der Waals surface area contributed by atoms with Crippen molar-refractivity contribution in [2.75, 3.05) is 11.9 Å². The summed E-state index contributed by atoms with van der Waals surface area (Å²) in [5.41, 5.74) is 5.02. The van der Waals surface area contributed by atoms with Crippen molar-refractivity contribution < 1.29 is 4.39 Å². The van der Waals surface area contributed by atoms with Crippen LogP contribution >= 0.6 is 0 Å². The zero-order chi connectivity index (χ0) is 14.9. The number of aryl methyl sites for hydroxylation is 2. The van der Waals surface area contributed by atoms with E-state index in [0.29, 0.717) is 5.92 Å². The average Bonchev–Trinajstić information content (AvgIpc) is 2.33. The van der Waals surface area contributed by atoms with E-state index in [1.807, 2.05) is 13.8 Å². The van der Waals surface area contributed by atoms with Gasteiger partial charge in [0.15, 0.2) is 0 Å². The van der Waals surface area contributed by atoms with E-state index in [2.05, 4.69) is 31.1 Å². The third-order valence-electron chi connectivity index (χ3n) is 3.61. The Kier molecular flexibility index (Phi) is 4.26. The van der Waals surface area contributed by atoms with Crippen molar-refractivity contribution in [3.05, 3.63) is 34.8 Å². The fraction of sp³-hybridized carbons (Fsp3) is 0.471. The van der Waals surface area contributed by atoms with Crippen molar-refractivity contribution in [1.29, 1.82) is 0 Å². The van der Waals surface area contributed by atoms with E-state index in [-0.39, 0.29) is 5.82 Å². The Morgan fingerprint density at radius 3 is 2.55 bits per heavy atom. The van der Waals surface area contributed by atoms with Crippen molar-refractivity contribution in [2.45, 2.75) is 47.0 Å². The van der Waals surface area contributed by atoms with Crippen LogP contribution in [0.1, 0.15) is 49.9 Å². The molecular weight excluding hydrogens is 251 g/mol. The van der Waals surface area contributed by atoms with E-state index in [9.17, 15) is 4.39 Å². The molecule has 0 unspecified atom stereocenters. The Hall–Kier alpha value is -1.64. The summed E-state index contributed by atoms with van der Waals surface area (Å²) in [7, 11) is 0. The first-order valence-corrected chi connectivity index (χ1v) is 7.29. The van der Waals surface area contributed by atoms with Gasteiger partial charge in [0, 0.05) is 29.4 Å². The lowest BCUT2D eigenvalue weighted by Crippen LogP contribution is -2.09. The number of pyridine rings is 1. The molecule has 0 atom stereocenters. The van der Waals surface area contributed by atoms with Gasteiger partial charge in [-0.15, -0.1) is 0 Å². The molecule has 0 bridgehead atoms. The molecule has 0 spiro atoms. The lowest BCUT2D eigenvalue weighted by atomic mass is 9.95. The first-order valence-electron chi connectivity index (χ1n) is 7.29. The van der Waals surface area contributed by atoms with Gasteiger partial charge in [-0.1, -0.05) is 20.8 Å². The Balaban J connectivity index is 2.81. The molecule has 0 saturated heterocycles. The molecule has 0 amide bonds. The molecule has 3 heteroatoms. The zero-order valence-electron chi connectivity index (χ0n) is 13.0. The number of fused-ring (bicyclic) bond motifs is 1. The first kappa shape index (κ1) is 14.8. The summed E-state index contributed by atoms with van der Waals surface area (Å²) in [5.74, 6) is 0.163. The molecular formula is C17H23FN2. The molecule has 1 aromatic carbocycles. The van der Waals surface area contributed by atoms with E-state index in [1.54, 1.807) is 6.07 Å². The van der Waals surface area contributed by atoms with Gasteiger partial charge >= 0.3 is 0 Å². The molecule has 2 rings (SSSR count). The van der Waals surface area contributed by atoms with Crippen LogP contribution in [0.25, 0.3) is 10.9 Å². The van der Waals surface area contributed by atoms with Gasteiger partial charge in [-0.3, -0.25) is 4.98 Å². The maximum atomic E-state index is 13.6. The maximum Gasteiger partial charge on any atom is 0.125 e. The number of anilines is 1.